The van der Waals surface area contributed by atoms with E-state index in [0.717, 1.165) is 12.1 Å². The van der Waals surface area contributed by atoms with Gasteiger partial charge in [0.15, 0.2) is 5.76 Å². The van der Waals surface area contributed by atoms with E-state index in [9.17, 15) is 18.5 Å². The predicted octanol–water partition coefficient (Wildman–Crippen LogP) is 4.43. The maximum Gasteiger partial charge on any atom is 0.433 e. The Morgan fingerprint density at radius 3 is 2.22 bits per heavy atom. The van der Waals surface area contributed by atoms with Gasteiger partial charge in [-0.25, -0.2) is 8.42 Å². The Balaban J connectivity index is 2.65. The van der Waals surface area contributed by atoms with Crippen LogP contribution in [0.25, 0.3) is 11.0 Å². The first-order chi connectivity index (χ1) is 10.6. The summed E-state index contributed by atoms with van der Waals surface area (Å²) >= 11 is 16.6. The molecule has 6 nitrogen and oxygen atoms in total. The Kier molecular flexibility index (Phi) is 5.05. The number of halogens is 3. The molecule has 0 bridgehead atoms. The summed E-state index contributed by atoms with van der Waals surface area (Å²) in [4.78, 5) is 9.43. The van der Waals surface area contributed by atoms with Crippen molar-refractivity contribution in [2.75, 3.05) is 0 Å². The van der Waals surface area contributed by atoms with Gasteiger partial charge in [0.05, 0.1) is 6.07 Å². The van der Waals surface area contributed by atoms with Crippen LogP contribution in [0.2, 0.25) is 0 Å². The number of sulfone groups is 1. The Labute approximate surface area is 146 Å². The number of alkyl halides is 3. The molecule has 0 spiro atoms. The molecule has 1 aromatic heterocycles. The second-order valence-electron chi connectivity index (χ2n) is 4.26. The van der Waals surface area contributed by atoms with E-state index in [1.165, 1.54) is 6.08 Å². The lowest BCUT2D eigenvalue weighted by Crippen LogP contribution is -2.20. The van der Waals surface area contributed by atoms with Crippen LogP contribution in [0.1, 0.15) is 11.3 Å². The Morgan fingerprint density at radius 1 is 1.13 bits per heavy atom. The van der Waals surface area contributed by atoms with Gasteiger partial charge in [-0.2, -0.15) is 0 Å². The number of nitrogens with zero attached hydrogens (tertiary/aromatic N) is 1. The molecule has 0 amide bonds. The van der Waals surface area contributed by atoms with Gasteiger partial charge in [-0.1, -0.05) is 65.1 Å². The lowest BCUT2D eigenvalue weighted by molar-refractivity contribution is -0.402. The highest BCUT2D eigenvalue weighted by molar-refractivity contribution is 8.05. The van der Waals surface area contributed by atoms with Crippen LogP contribution in [-0.2, 0) is 9.84 Å². The number of benzene rings is 1. The minimum atomic E-state index is -4.46. The first-order valence-corrected chi connectivity index (χ1v) is 8.57. The van der Waals surface area contributed by atoms with E-state index >= 15 is 0 Å². The molecule has 0 aliphatic rings. The fourth-order valence-electron chi connectivity index (χ4n) is 1.66. The Bertz CT molecular complexity index is 853. The SMILES string of the molecule is O=[N+]([O-])c1ccc(/C(=C\c2ccccc2)S(=O)(=O)C(Cl)(Cl)Cl)o1. The molecule has 23 heavy (non-hydrogen) atoms. The molecule has 0 saturated heterocycles. The van der Waals surface area contributed by atoms with Gasteiger partial charge in [-0.3, -0.25) is 10.1 Å². The van der Waals surface area contributed by atoms with Crippen LogP contribution in [0.3, 0.4) is 0 Å². The smallest absolute Gasteiger partial charge is 0.400 e. The molecule has 0 unspecified atom stereocenters. The maximum absolute atomic E-state index is 12.4. The summed E-state index contributed by atoms with van der Waals surface area (Å²) in [5, 5.41) is 10.7. The van der Waals surface area contributed by atoms with Crippen molar-refractivity contribution in [3.8, 4) is 0 Å². The predicted molar refractivity (Wildman–Crippen MR) is 88.9 cm³/mol. The van der Waals surface area contributed by atoms with Crippen molar-refractivity contribution in [3.63, 3.8) is 0 Å². The lowest BCUT2D eigenvalue weighted by Gasteiger charge is -2.14. The van der Waals surface area contributed by atoms with E-state index in [4.69, 9.17) is 39.2 Å². The number of furan rings is 1. The van der Waals surface area contributed by atoms with Crippen LogP contribution in [0.4, 0.5) is 5.88 Å². The van der Waals surface area contributed by atoms with Gasteiger partial charge in [0.25, 0.3) is 3.12 Å². The zero-order valence-electron chi connectivity index (χ0n) is 11.1. The molecule has 0 aliphatic heterocycles. The number of nitro groups is 1. The van der Waals surface area contributed by atoms with Gasteiger partial charge in [0.2, 0.25) is 9.84 Å². The Morgan fingerprint density at radius 2 is 1.74 bits per heavy atom. The van der Waals surface area contributed by atoms with Crippen LogP contribution in [-0.4, -0.2) is 16.5 Å². The average molecular weight is 397 g/mol. The van der Waals surface area contributed by atoms with Crippen molar-refractivity contribution in [2.24, 2.45) is 0 Å². The summed E-state index contributed by atoms with van der Waals surface area (Å²) in [6.07, 6.45) is 1.21. The second kappa shape index (κ2) is 6.52. The van der Waals surface area contributed by atoms with Crippen molar-refractivity contribution < 1.29 is 17.8 Å². The third-order valence-electron chi connectivity index (χ3n) is 2.71. The van der Waals surface area contributed by atoms with E-state index in [0.29, 0.717) is 5.56 Å². The molecule has 0 N–H and O–H groups in total. The van der Waals surface area contributed by atoms with E-state index in [2.05, 4.69) is 0 Å². The molecule has 0 radical (unpaired) electrons. The molecule has 2 aromatic rings. The van der Waals surface area contributed by atoms with Gasteiger partial charge >= 0.3 is 5.88 Å². The monoisotopic (exact) mass is 395 g/mol. The fraction of sp³-hybridized carbons (Fsp3) is 0.0769. The fourth-order valence-corrected chi connectivity index (χ4v) is 3.33. The molecule has 0 saturated carbocycles. The highest BCUT2D eigenvalue weighted by atomic mass is 35.6. The van der Waals surface area contributed by atoms with E-state index in [1.54, 1.807) is 30.3 Å². The van der Waals surface area contributed by atoms with Gasteiger partial charge in [0.1, 0.15) is 9.83 Å². The highest BCUT2D eigenvalue weighted by Gasteiger charge is 2.43. The Hall–Kier alpha value is -1.54. The van der Waals surface area contributed by atoms with Crippen molar-refractivity contribution in [1.82, 2.24) is 0 Å². The quantitative estimate of drug-likeness (QED) is 0.433. The molecule has 1 heterocycles. The molecule has 1 aromatic carbocycles. The summed E-state index contributed by atoms with van der Waals surface area (Å²) in [5.74, 6) is -0.926. The maximum atomic E-state index is 12.4. The minimum Gasteiger partial charge on any atom is -0.400 e. The van der Waals surface area contributed by atoms with E-state index in [-0.39, 0.29) is 5.76 Å². The summed E-state index contributed by atoms with van der Waals surface area (Å²) in [7, 11) is -4.46. The first-order valence-electron chi connectivity index (χ1n) is 5.95. The molecule has 2 rings (SSSR count). The lowest BCUT2D eigenvalue weighted by atomic mass is 10.2. The zero-order chi connectivity index (χ0) is 17.3. The largest absolute Gasteiger partial charge is 0.433 e. The number of rotatable bonds is 4. The van der Waals surface area contributed by atoms with Crippen LogP contribution in [0, 0.1) is 10.1 Å². The van der Waals surface area contributed by atoms with E-state index < -0.39 is 28.7 Å². The van der Waals surface area contributed by atoms with Crippen LogP contribution >= 0.6 is 34.8 Å². The summed E-state index contributed by atoms with van der Waals surface area (Å²) in [6.45, 7) is 0. The van der Waals surface area contributed by atoms with E-state index in [1.807, 2.05) is 0 Å². The zero-order valence-corrected chi connectivity index (χ0v) is 14.2. The third-order valence-corrected chi connectivity index (χ3v) is 6.04. The van der Waals surface area contributed by atoms with Crippen molar-refractivity contribution in [3.05, 3.63) is 63.9 Å². The van der Waals surface area contributed by atoms with Gasteiger partial charge in [-0.05, 0) is 17.7 Å². The van der Waals surface area contributed by atoms with Crippen molar-refractivity contribution in [2.45, 2.75) is 3.12 Å². The standard InChI is InChI=1S/C13H8Cl3NO5S/c14-13(15,16)23(20,21)11(8-9-4-2-1-3-5-9)10-6-7-12(22-10)17(18)19/h1-8H/b11-8+. The molecule has 10 heteroatoms. The average Bonchev–Trinajstić information content (AvgIpc) is 2.94. The number of hydrogen-bond donors (Lipinski definition) is 0. The van der Waals surface area contributed by atoms with Crippen molar-refractivity contribution in [1.29, 1.82) is 0 Å². The van der Waals surface area contributed by atoms with Gasteiger partial charge in [0, 0.05) is 0 Å². The van der Waals surface area contributed by atoms with Crippen LogP contribution in [0.5, 0.6) is 0 Å². The molecular formula is C13H8Cl3NO5S. The highest BCUT2D eigenvalue weighted by Crippen LogP contribution is 2.42. The molecule has 122 valence electrons. The molecular weight excluding hydrogens is 389 g/mol. The normalized spacial score (nSPS) is 13.1. The second-order valence-corrected chi connectivity index (χ2v) is 9.28. The third kappa shape index (κ3) is 3.87. The minimum absolute atomic E-state index is 0.299. The van der Waals surface area contributed by atoms with Crippen LogP contribution in [0.15, 0.2) is 46.9 Å². The van der Waals surface area contributed by atoms with Gasteiger partial charge < -0.3 is 4.42 Å². The van der Waals surface area contributed by atoms with Gasteiger partial charge in [-0.15, -0.1) is 0 Å². The summed E-state index contributed by atoms with van der Waals surface area (Å²) in [5.41, 5.74) is 0.486. The topological polar surface area (TPSA) is 90.4 Å². The molecule has 0 fully saturated rings. The summed E-state index contributed by atoms with van der Waals surface area (Å²) < 4.78 is 27.2. The molecule has 0 aliphatic carbocycles. The number of hydrogen-bond acceptors (Lipinski definition) is 5. The summed E-state index contributed by atoms with van der Waals surface area (Å²) in [6, 6.07) is 10.5. The van der Waals surface area contributed by atoms with Crippen molar-refractivity contribution >= 4 is 61.5 Å². The van der Waals surface area contributed by atoms with Crippen LogP contribution < -0.4 is 0 Å². The molecule has 0 atom stereocenters. The first kappa shape index (κ1) is 17.8.